The van der Waals surface area contributed by atoms with Crippen LogP contribution in [0.5, 0.6) is 5.75 Å². The smallest absolute Gasteiger partial charge is 0.260 e. The van der Waals surface area contributed by atoms with Gasteiger partial charge in [0.15, 0.2) is 5.82 Å². The van der Waals surface area contributed by atoms with Gasteiger partial charge in [-0.25, -0.2) is 0 Å². The summed E-state index contributed by atoms with van der Waals surface area (Å²) in [5.74, 6) is 0.431. The SMILES string of the molecule is O=C(Nc1cc(C2CCOCC2)[nH]n1)c1ccccc1O. The number of H-pyrrole nitrogens is 1. The number of aromatic hydroxyl groups is 1. The van der Waals surface area contributed by atoms with E-state index in [1.54, 1.807) is 18.2 Å². The maximum absolute atomic E-state index is 12.1. The van der Waals surface area contributed by atoms with E-state index in [-0.39, 0.29) is 17.2 Å². The molecule has 0 saturated carbocycles. The summed E-state index contributed by atoms with van der Waals surface area (Å²) in [5.41, 5.74) is 1.24. The van der Waals surface area contributed by atoms with Crippen molar-refractivity contribution in [1.29, 1.82) is 0 Å². The lowest BCUT2D eigenvalue weighted by molar-refractivity contribution is 0.0845. The number of rotatable bonds is 3. The fourth-order valence-corrected chi connectivity index (χ4v) is 2.47. The van der Waals surface area contributed by atoms with Crippen molar-refractivity contribution in [3.05, 3.63) is 41.6 Å². The van der Waals surface area contributed by atoms with Gasteiger partial charge in [-0.2, -0.15) is 5.10 Å². The average molecular weight is 287 g/mol. The Morgan fingerprint density at radius 2 is 2.10 bits per heavy atom. The van der Waals surface area contributed by atoms with Crippen LogP contribution in [0, 0.1) is 0 Å². The largest absolute Gasteiger partial charge is 0.507 e. The van der Waals surface area contributed by atoms with Crippen LogP contribution in [0.2, 0.25) is 0 Å². The van der Waals surface area contributed by atoms with Gasteiger partial charge in [0.1, 0.15) is 5.75 Å². The number of nitrogens with one attached hydrogen (secondary N) is 2. The van der Waals surface area contributed by atoms with Gasteiger partial charge in [-0.1, -0.05) is 12.1 Å². The van der Waals surface area contributed by atoms with Crippen LogP contribution in [0.15, 0.2) is 30.3 Å². The highest BCUT2D eigenvalue weighted by Crippen LogP contribution is 2.27. The van der Waals surface area contributed by atoms with Crippen molar-refractivity contribution >= 4 is 11.7 Å². The number of amides is 1. The number of phenols is 1. The van der Waals surface area contributed by atoms with Crippen molar-refractivity contribution in [3.63, 3.8) is 0 Å². The molecule has 6 nitrogen and oxygen atoms in total. The number of hydrogen-bond acceptors (Lipinski definition) is 4. The summed E-state index contributed by atoms with van der Waals surface area (Å²) in [5, 5.41) is 19.4. The van der Waals surface area contributed by atoms with Crippen LogP contribution in [-0.2, 0) is 4.74 Å². The number of carbonyl (C=O) groups excluding carboxylic acids is 1. The Hall–Kier alpha value is -2.34. The molecule has 110 valence electrons. The maximum atomic E-state index is 12.1. The zero-order chi connectivity index (χ0) is 14.7. The molecule has 0 spiro atoms. The highest BCUT2D eigenvalue weighted by atomic mass is 16.5. The van der Waals surface area contributed by atoms with Crippen molar-refractivity contribution in [2.45, 2.75) is 18.8 Å². The van der Waals surface area contributed by atoms with E-state index in [2.05, 4.69) is 15.5 Å². The van der Waals surface area contributed by atoms with Gasteiger partial charge in [0.25, 0.3) is 5.91 Å². The molecule has 6 heteroatoms. The van der Waals surface area contributed by atoms with Crippen LogP contribution < -0.4 is 5.32 Å². The van der Waals surface area contributed by atoms with Crippen LogP contribution >= 0.6 is 0 Å². The van der Waals surface area contributed by atoms with Crippen LogP contribution in [-0.4, -0.2) is 34.4 Å². The second-order valence-corrected chi connectivity index (χ2v) is 5.07. The van der Waals surface area contributed by atoms with Crippen molar-refractivity contribution in [1.82, 2.24) is 10.2 Å². The minimum Gasteiger partial charge on any atom is -0.507 e. The first-order valence-corrected chi connectivity index (χ1v) is 6.96. The molecule has 0 radical (unpaired) electrons. The summed E-state index contributed by atoms with van der Waals surface area (Å²) in [4.78, 5) is 12.1. The third-order valence-electron chi connectivity index (χ3n) is 3.65. The summed E-state index contributed by atoms with van der Waals surface area (Å²) in [6, 6.07) is 8.26. The molecule has 1 aromatic carbocycles. The molecule has 0 atom stereocenters. The summed E-state index contributed by atoms with van der Waals surface area (Å²) >= 11 is 0. The predicted molar refractivity (Wildman–Crippen MR) is 77.4 cm³/mol. The third-order valence-corrected chi connectivity index (χ3v) is 3.65. The Labute approximate surface area is 122 Å². The van der Waals surface area contributed by atoms with Gasteiger partial charge in [0.2, 0.25) is 0 Å². The van der Waals surface area contributed by atoms with Gasteiger partial charge >= 0.3 is 0 Å². The molecular weight excluding hydrogens is 270 g/mol. The van der Waals surface area contributed by atoms with E-state index in [0.717, 1.165) is 31.7 Å². The summed E-state index contributed by atoms with van der Waals surface area (Å²) in [6.07, 6.45) is 1.91. The van der Waals surface area contributed by atoms with E-state index < -0.39 is 0 Å². The maximum Gasteiger partial charge on any atom is 0.260 e. The number of nitrogens with zero attached hydrogens (tertiary/aromatic N) is 1. The number of aromatic amines is 1. The second kappa shape index (κ2) is 5.97. The molecule has 2 heterocycles. The van der Waals surface area contributed by atoms with Crippen molar-refractivity contribution in [3.8, 4) is 5.75 Å². The first-order valence-electron chi connectivity index (χ1n) is 6.96. The lowest BCUT2D eigenvalue weighted by Gasteiger charge is -2.20. The van der Waals surface area contributed by atoms with Gasteiger partial charge < -0.3 is 15.2 Å². The van der Waals surface area contributed by atoms with Crippen molar-refractivity contribution in [2.75, 3.05) is 18.5 Å². The number of ether oxygens (including phenoxy) is 1. The summed E-state index contributed by atoms with van der Waals surface area (Å²) < 4.78 is 5.33. The molecule has 21 heavy (non-hydrogen) atoms. The van der Waals surface area contributed by atoms with E-state index in [9.17, 15) is 9.90 Å². The summed E-state index contributed by atoms with van der Waals surface area (Å²) in [6.45, 7) is 1.51. The van der Waals surface area contributed by atoms with Gasteiger partial charge in [-0.3, -0.25) is 9.89 Å². The Morgan fingerprint density at radius 3 is 2.86 bits per heavy atom. The first kappa shape index (κ1) is 13.6. The van der Waals surface area contributed by atoms with Crippen LogP contribution in [0.4, 0.5) is 5.82 Å². The molecule has 1 aromatic heterocycles. The molecule has 3 rings (SSSR count). The lowest BCUT2D eigenvalue weighted by Crippen LogP contribution is -2.14. The Bertz CT molecular complexity index is 633. The van der Waals surface area contributed by atoms with Gasteiger partial charge in [0, 0.05) is 30.9 Å². The highest BCUT2D eigenvalue weighted by Gasteiger charge is 2.19. The van der Waals surface area contributed by atoms with E-state index in [1.807, 2.05) is 6.07 Å². The fourth-order valence-electron chi connectivity index (χ4n) is 2.47. The zero-order valence-electron chi connectivity index (χ0n) is 11.5. The monoisotopic (exact) mass is 287 g/mol. The molecule has 1 aliphatic rings. The molecule has 0 bridgehead atoms. The average Bonchev–Trinajstić information content (AvgIpc) is 2.97. The lowest BCUT2D eigenvalue weighted by atomic mass is 9.97. The summed E-state index contributed by atoms with van der Waals surface area (Å²) in [7, 11) is 0. The van der Waals surface area contributed by atoms with Gasteiger partial charge in [-0.05, 0) is 25.0 Å². The van der Waals surface area contributed by atoms with Crippen molar-refractivity contribution < 1.29 is 14.6 Å². The molecule has 1 saturated heterocycles. The van der Waals surface area contributed by atoms with Crippen molar-refractivity contribution in [2.24, 2.45) is 0 Å². The van der Waals surface area contributed by atoms with E-state index in [4.69, 9.17) is 4.74 Å². The number of para-hydroxylation sites is 1. The normalized spacial score (nSPS) is 15.8. The molecule has 0 aliphatic carbocycles. The van der Waals surface area contributed by atoms with E-state index >= 15 is 0 Å². The molecular formula is C15H17N3O3. The van der Waals surface area contributed by atoms with Gasteiger partial charge in [-0.15, -0.1) is 0 Å². The first-order chi connectivity index (χ1) is 10.2. The zero-order valence-corrected chi connectivity index (χ0v) is 11.5. The van der Waals surface area contributed by atoms with Crippen LogP contribution in [0.1, 0.15) is 34.8 Å². The fraction of sp³-hybridized carbons (Fsp3) is 0.333. The Kier molecular flexibility index (Phi) is 3.87. The minimum absolute atomic E-state index is 0.0461. The standard InChI is InChI=1S/C15H17N3O3/c19-13-4-2-1-3-11(13)15(20)16-14-9-12(17-18-14)10-5-7-21-8-6-10/h1-4,9-10,19H,5-8H2,(H2,16,17,18,20). The quantitative estimate of drug-likeness (QED) is 0.808. The number of phenolic OH excluding ortho intramolecular Hbond substituents is 1. The minimum atomic E-state index is -0.377. The molecule has 0 unspecified atom stereocenters. The molecule has 3 N–H and O–H groups in total. The molecule has 1 amide bonds. The number of aromatic nitrogens is 2. The number of benzene rings is 1. The topological polar surface area (TPSA) is 87.2 Å². The number of anilines is 1. The predicted octanol–water partition coefficient (Wildman–Crippen LogP) is 2.26. The highest BCUT2D eigenvalue weighted by molar-refractivity contribution is 6.05. The number of hydrogen-bond donors (Lipinski definition) is 3. The van der Waals surface area contributed by atoms with Gasteiger partial charge in [0.05, 0.1) is 5.56 Å². The van der Waals surface area contributed by atoms with E-state index in [1.165, 1.54) is 6.07 Å². The number of carbonyl (C=O) groups is 1. The third kappa shape index (κ3) is 3.05. The van der Waals surface area contributed by atoms with Crippen LogP contribution in [0.3, 0.4) is 0 Å². The molecule has 1 fully saturated rings. The second-order valence-electron chi connectivity index (χ2n) is 5.07. The van der Waals surface area contributed by atoms with Crippen LogP contribution in [0.25, 0.3) is 0 Å². The Morgan fingerprint density at radius 1 is 1.33 bits per heavy atom. The molecule has 2 aromatic rings. The molecule has 1 aliphatic heterocycles. The Balaban J connectivity index is 1.69. The van der Waals surface area contributed by atoms with E-state index in [0.29, 0.717) is 11.7 Å².